The molecular formula is C11H16ClF. The van der Waals surface area contributed by atoms with E-state index in [4.69, 9.17) is 11.6 Å². The molecule has 74 valence electrons. The molecule has 1 rings (SSSR count). The van der Waals surface area contributed by atoms with Crippen LogP contribution in [0, 0.1) is 26.6 Å². The van der Waals surface area contributed by atoms with Crippen molar-refractivity contribution in [1.29, 1.82) is 0 Å². The van der Waals surface area contributed by atoms with E-state index >= 15 is 0 Å². The van der Waals surface area contributed by atoms with E-state index in [0.29, 0.717) is 10.6 Å². The SMILES string of the molecule is CC.Cc1cc(F)c(C)c(Cl)c1C. The normalized spacial score (nSPS) is 9.15. The highest BCUT2D eigenvalue weighted by Crippen LogP contribution is 2.25. The van der Waals surface area contributed by atoms with E-state index in [-0.39, 0.29) is 5.82 Å². The molecule has 0 aliphatic carbocycles. The first-order chi connectivity index (χ1) is 6.04. The van der Waals surface area contributed by atoms with E-state index in [2.05, 4.69) is 0 Å². The van der Waals surface area contributed by atoms with Crippen molar-refractivity contribution in [3.8, 4) is 0 Å². The maximum atomic E-state index is 12.9. The average molecular weight is 203 g/mol. The van der Waals surface area contributed by atoms with Crippen molar-refractivity contribution in [3.63, 3.8) is 0 Å². The van der Waals surface area contributed by atoms with Gasteiger partial charge in [0.2, 0.25) is 0 Å². The lowest BCUT2D eigenvalue weighted by molar-refractivity contribution is 0.617. The van der Waals surface area contributed by atoms with Crippen LogP contribution >= 0.6 is 11.6 Å². The van der Waals surface area contributed by atoms with Crippen LogP contribution in [0.25, 0.3) is 0 Å². The minimum Gasteiger partial charge on any atom is -0.207 e. The summed E-state index contributed by atoms with van der Waals surface area (Å²) in [5.74, 6) is -0.224. The third kappa shape index (κ3) is 2.70. The lowest BCUT2D eigenvalue weighted by Crippen LogP contribution is -1.90. The van der Waals surface area contributed by atoms with Gasteiger partial charge < -0.3 is 0 Å². The Labute approximate surface area is 84.7 Å². The standard InChI is InChI=1S/C9H10ClF.C2H6/c1-5-4-8(11)7(3)9(10)6(5)2;1-2/h4H,1-3H3;1-2H3. The van der Waals surface area contributed by atoms with Crippen molar-refractivity contribution in [2.45, 2.75) is 34.6 Å². The summed E-state index contributed by atoms with van der Waals surface area (Å²) in [6, 6.07) is 1.51. The van der Waals surface area contributed by atoms with Crippen LogP contribution in [0.1, 0.15) is 30.5 Å². The number of aryl methyl sites for hydroxylation is 1. The van der Waals surface area contributed by atoms with E-state index in [9.17, 15) is 4.39 Å². The van der Waals surface area contributed by atoms with Crippen molar-refractivity contribution in [2.24, 2.45) is 0 Å². The number of hydrogen-bond donors (Lipinski definition) is 0. The molecule has 0 radical (unpaired) electrons. The van der Waals surface area contributed by atoms with Crippen molar-refractivity contribution in [3.05, 3.63) is 33.6 Å². The maximum Gasteiger partial charge on any atom is 0.127 e. The second kappa shape index (κ2) is 5.23. The Morgan fingerprint density at radius 1 is 1.08 bits per heavy atom. The van der Waals surface area contributed by atoms with Crippen LogP contribution in [-0.4, -0.2) is 0 Å². The second-order valence-electron chi connectivity index (χ2n) is 2.74. The van der Waals surface area contributed by atoms with E-state index < -0.39 is 0 Å². The van der Waals surface area contributed by atoms with Crippen LogP contribution in [0.5, 0.6) is 0 Å². The van der Waals surface area contributed by atoms with Gasteiger partial charge in [0.1, 0.15) is 5.82 Å². The number of hydrogen-bond acceptors (Lipinski definition) is 0. The third-order valence-electron chi connectivity index (χ3n) is 1.95. The van der Waals surface area contributed by atoms with Gasteiger partial charge in [0.05, 0.1) is 0 Å². The summed E-state index contributed by atoms with van der Waals surface area (Å²) < 4.78 is 12.9. The Kier molecular flexibility index (Phi) is 5.01. The lowest BCUT2D eigenvalue weighted by Gasteiger charge is -2.06. The number of halogens is 2. The Morgan fingerprint density at radius 2 is 1.54 bits per heavy atom. The van der Waals surface area contributed by atoms with E-state index in [1.165, 1.54) is 6.07 Å². The van der Waals surface area contributed by atoms with E-state index in [1.807, 2.05) is 27.7 Å². The van der Waals surface area contributed by atoms with Gasteiger partial charge in [-0.15, -0.1) is 0 Å². The zero-order chi connectivity index (χ0) is 10.6. The molecule has 0 aromatic heterocycles. The average Bonchev–Trinajstić information content (AvgIpc) is 2.15. The maximum absolute atomic E-state index is 12.9. The minimum absolute atomic E-state index is 0.224. The van der Waals surface area contributed by atoms with Gasteiger partial charge in [0.25, 0.3) is 0 Å². The summed E-state index contributed by atoms with van der Waals surface area (Å²) in [5, 5.41) is 0.544. The highest BCUT2D eigenvalue weighted by atomic mass is 35.5. The number of rotatable bonds is 0. The highest BCUT2D eigenvalue weighted by molar-refractivity contribution is 6.32. The Morgan fingerprint density at radius 3 is 2.00 bits per heavy atom. The Hall–Kier alpha value is -0.560. The Balaban J connectivity index is 0.000000671. The van der Waals surface area contributed by atoms with Gasteiger partial charge in [0, 0.05) is 10.6 Å². The molecule has 0 bridgehead atoms. The van der Waals surface area contributed by atoms with Gasteiger partial charge >= 0.3 is 0 Å². The second-order valence-corrected chi connectivity index (χ2v) is 3.12. The first-order valence-electron chi connectivity index (χ1n) is 4.46. The monoisotopic (exact) mass is 202 g/mol. The quantitative estimate of drug-likeness (QED) is 0.584. The summed E-state index contributed by atoms with van der Waals surface area (Å²) in [6.45, 7) is 9.43. The molecule has 0 saturated carbocycles. The van der Waals surface area contributed by atoms with Crippen molar-refractivity contribution in [1.82, 2.24) is 0 Å². The van der Waals surface area contributed by atoms with Crippen LogP contribution in [-0.2, 0) is 0 Å². The molecular weight excluding hydrogens is 187 g/mol. The first-order valence-corrected chi connectivity index (χ1v) is 4.83. The number of benzene rings is 1. The van der Waals surface area contributed by atoms with E-state index in [1.54, 1.807) is 6.92 Å². The molecule has 0 N–H and O–H groups in total. The molecule has 0 atom stereocenters. The van der Waals surface area contributed by atoms with Crippen LogP contribution in [0.15, 0.2) is 6.07 Å². The fourth-order valence-corrected chi connectivity index (χ4v) is 1.21. The fourth-order valence-electron chi connectivity index (χ4n) is 0.966. The van der Waals surface area contributed by atoms with Gasteiger partial charge in [-0.05, 0) is 38.0 Å². The molecule has 0 nitrogen and oxygen atoms in total. The van der Waals surface area contributed by atoms with Gasteiger partial charge in [-0.25, -0.2) is 4.39 Å². The predicted molar refractivity (Wildman–Crippen MR) is 57.0 cm³/mol. The fraction of sp³-hybridized carbons (Fsp3) is 0.455. The molecule has 0 heterocycles. The van der Waals surface area contributed by atoms with Gasteiger partial charge in [-0.2, -0.15) is 0 Å². The van der Waals surface area contributed by atoms with Crippen LogP contribution in [0.3, 0.4) is 0 Å². The summed E-state index contributed by atoms with van der Waals surface area (Å²) in [6.07, 6.45) is 0. The topological polar surface area (TPSA) is 0 Å². The van der Waals surface area contributed by atoms with Gasteiger partial charge in [0.15, 0.2) is 0 Å². The molecule has 0 amide bonds. The molecule has 2 heteroatoms. The smallest absolute Gasteiger partial charge is 0.127 e. The predicted octanol–water partition coefficient (Wildman–Crippen LogP) is 4.43. The first kappa shape index (κ1) is 12.4. The summed E-state index contributed by atoms with van der Waals surface area (Å²) in [7, 11) is 0. The summed E-state index contributed by atoms with van der Waals surface area (Å²) in [5.41, 5.74) is 2.40. The van der Waals surface area contributed by atoms with Crippen LogP contribution < -0.4 is 0 Å². The molecule has 0 aliphatic heterocycles. The van der Waals surface area contributed by atoms with Crippen molar-refractivity contribution < 1.29 is 4.39 Å². The third-order valence-corrected chi connectivity index (χ3v) is 2.52. The zero-order valence-electron chi connectivity index (χ0n) is 8.83. The molecule has 0 fully saturated rings. The van der Waals surface area contributed by atoms with E-state index in [0.717, 1.165) is 11.1 Å². The zero-order valence-corrected chi connectivity index (χ0v) is 9.59. The summed E-state index contributed by atoms with van der Waals surface area (Å²) in [4.78, 5) is 0. The lowest BCUT2D eigenvalue weighted by atomic mass is 10.1. The highest BCUT2D eigenvalue weighted by Gasteiger charge is 2.07. The molecule has 1 aromatic carbocycles. The van der Waals surface area contributed by atoms with Gasteiger partial charge in [-0.1, -0.05) is 25.4 Å². The molecule has 0 aliphatic rings. The molecule has 0 saturated heterocycles. The molecule has 0 unspecified atom stereocenters. The van der Waals surface area contributed by atoms with Crippen LogP contribution in [0.2, 0.25) is 5.02 Å². The van der Waals surface area contributed by atoms with Crippen molar-refractivity contribution in [2.75, 3.05) is 0 Å². The molecule has 13 heavy (non-hydrogen) atoms. The van der Waals surface area contributed by atoms with Crippen LogP contribution in [0.4, 0.5) is 4.39 Å². The largest absolute Gasteiger partial charge is 0.207 e. The summed E-state index contributed by atoms with van der Waals surface area (Å²) >= 11 is 5.85. The molecule has 0 spiro atoms. The minimum atomic E-state index is -0.224. The Bertz CT molecular complexity index is 266. The van der Waals surface area contributed by atoms with Crippen molar-refractivity contribution >= 4 is 11.6 Å². The molecule has 1 aromatic rings. The van der Waals surface area contributed by atoms with Gasteiger partial charge in [-0.3, -0.25) is 0 Å².